The number of amides is 3. The minimum atomic E-state index is -0.0254. The highest BCUT2D eigenvalue weighted by Crippen LogP contribution is 2.31. The third kappa shape index (κ3) is 4.67. The highest BCUT2D eigenvalue weighted by Gasteiger charge is 2.33. The molecule has 1 saturated heterocycles. The molecule has 1 aromatic rings. The van der Waals surface area contributed by atoms with E-state index in [1.807, 2.05) is 30.0 Å². The van der Waals surface area contributed by atoms with Gasteiger partial charge in [-0.3, -0.25) is 14.4 Å². The third-order valence-electron chi connectivity index (χ3n) is 6.00. The molecule has 0 radical (unpaired) electrons. The van der Waals surface area contributed by atoms with Gasteiger partial charge in [0.25, 0.3) is 0 Å². The first-order chi connectivity index (χ1) is 13.0. The Morgan fingerprint density at radius 3 is 2.19 bits per heavy atom. The predicted molar refractivity (Wildman–Crippen MR) is 104 cm³/mol. The fourth-order valence-corrected chi connectivity index (χ4v) is 3.97. The van der Waals surface area contributed by atoms with E-state index in [4.69, 9.17) is 0 Å². The van der Waals surface area contributed by atoms with Gasteiger partial charge in [0.1, 0.15) is 0 Å². The van der Waals surface area contributed by atoms with E-state index in [2.05, 4.69) is 12.2 Å². The van der Waals surface area contributed by atoms with E-state index < -0.39 is 0 Å². The van der Waals surface area contributed by atoms with Gasteiger partial charge in [-0.25, -0.2) is 0 Å². The lowest BCUT2D eigenvalue weighted by Crippen LogP contribution is -2.50. The quantitative estimate of drug-likeness (QED) is 0.826. The van der Waals surface area contributed by atoms with Crippen molar-refractivity contribution in [3.8, 4) is 0 Å². The average molecular weight is 371 g/mol. The summed E-state index contributed by atoms with van der Waals surface area (Å²) in [5, 5.41) is 3.03. The van der Waals surface area contributed by atoms with Crippen LogP contribution in [0.2, 0.25) is 0 Å². The number of hydrogen-bond donors (Lipinski definition) is 1. The number of benzene rings is 1. The van der Waals surface area contributed by atoms with Crippen LogP contribution in [0.25, 0.3) is 0 Å². The van der Waals surface area contributed by atoms with E-state index in [0.717, 1.165) is 43.3 Å². The molecule has 3 amide bonds. The Morgan fingerprint density at radius 1 is 0.963 bits per heavy atom. The SMILES string of the molecule is Cc1ccc(NC(=O)C2CCC(C(=O)N3CCN(C=O)CC3)CC2)cc1C. The topological polar surface area (TPSA) is 69.7 Å². The van der Waals surface area contributed by atoms with Crippen LogP contribution in [0.4, 0.5) is 5.69 Å². The van der Waals surface area contributed by atoms with Crippen LogP contribution in [0, 0.1) is 25.7 Å². The second-order valence-electron chi connectivity index (χ2n) is 7.80. The minimum absolute atomic E-state index is 0.0125. The van der Waals surface area contributed by atoms with Crippen molar-refractivity contribution in [2.75, 3.05) is 31.5 Å². The van der Waals surface area contributed by atoms with Crippen molar-refractivity contribution >= 4 is 23.9 Å². The van der Waals surface area contributed by atoms with Gasteiger partial charge < -0.3 is 15.1 Å². The molecule has 6 nitrogen and oxygen atoms in total. The molecule has 2 fully saturated rings. The fraction of sp³-hybridized carbons (Fsp3) is 0.571. The maximum absolute atomic E-state index is 12.7. The third-order valence-corrected chi connectivity index (χ3v) is 6.00. The monoisotopic (exact) mass is 371 g/mol. The normalized spacial score (nSPS) is 23.0. The summed E-state index contributed by atoms with van der Waals surface area (Å²) in [6, 6.07) is 5.96. The van der Waals surface area contributed by atoms with Crippen LogP contribution in [0.15, 0.2) is 18.2 Å². The zero-order valence-electron chi connectivity index (χ0n) is 16.2. The van der Waals surface area contributed by atoms with Crippen molar-refractivity contribution in [2.24, 2.45) is 11.8 Å². The van der Waals surface area contributed by atoms with Crippen molar-refractivity contribution in [2.45, 2.75) is 39.5 Å². The van der Waals surface area contributed by atoms with Crippen LogP contribution in [0.5, 0.6) is 0 Å². The molecule has 27 heavy (non-hydrogen) atoms. The number of anilines is 1. The summed E-state index contributed by atoms with van der Waals surface area (Å²) >= 11 is 0. The van der Waals surface area contributed by atoms with E-state index in [0.29, 0.717) is 26.2 Å². The summed E-state index contributed by atoms with van der Waals surface area (Å²) in [4.78, 5) is 39.6. The van der Waals surface area contributed by atoms with Gasteiger partial charge in [-0.05, 0) is 62.8 Å². The summed E-state index contributed by atoms with van der Waals surface area (Å²) < 4.78 is 0. The van der Waals surface area contributed by atoms with Crippen LogP contribution in [-0.4, -0.2) is 54.2 Å². The predicted octanol–water partition coefficient (Wildman–Crippen LogP) is 2.35. The van der Waals surface area contributed by atoms with Crippen molar-refractivity contribution in [1.82, 2.24) is 9.80 Å². The number of carbonyl (C=O) groups is 3. The average Bonchev–Trinajstić information content (AvgIpc) is 2.70. The van der Waals surface area contributed by atoms with Gasteiger partial charge in [-0.15, -0.1) is 0 Å². The van der Waals surface area contributed by atoms with Gasteiger partial charge >= 0.3 is 0 Å². The minimum Gasteiger partial charge on any atom is -0.342 e. The Bertz CT molecular complexity index is 703. The summed E-state index contributed by atoms with van der Waals surface area (Å²) in [6.45, 7) is 6.55. The molecule has 1 saturated carbocycles. The molecule has 3 rings (SSSR count). The lowest BCUT2D eigenvalue weighted by molar-refractivity contribution is -0.140. The lowest BCUT2D eigenvalue weighted by atomic mass is 9.80. The van der Waals surface area contributed by atoms with E-state index in [1.165, 1.54) is 5.56 Å². The van der Waals surface area contributed by atoms with Gasteiger partial charge in [0, 0.05) is 43.7 Å². The molecule has 0 bridgehead atoms. The molecule has 6 heteroatoms. The standard InChI is InChI=1S/C21H29N3O3/c1-15-3-8-19(13-16(15)2)22-20(26)17-4-6-18(7-5-17)21(27)24-11-9-23(14-25)10-12-24/h3,8,13-14,17-18H,4-7,9-12H2,1-2H3,(H,22,26). The smallest absolute Gasteiger partial charge is 0.227 e. The Hall–Kier alpha value is -2.37. The van der Waals surface area contributed by atoms with Gasteiger partial charge in [0.15, 0.2) is 0 Å². The number of hydrogen-bond acceptors (Lipinski definition) is 3. The fourth-order valence-electron chi connectivity index (χ4n) is 3.97. The molecule has 1 heterocycles. The molecule has 1 aliphatic heterocycles. The van der Waals surface area contributed by atoms with Crippen LogP contribution >= 0.6 is 0 Å². The zero-order chi connectivity index (χ0) is 19.4. The number of carbonyl (C=O) groups excluding carboxylic acids is 3. The first-order valence-corrected chi connectivity index (χ1v) is 9.84. The molecule has 1 N–H and O–H groups in total. The van der Waals surface area contributed by atoms with E-state index >= 15 is 0 Å². The second-order valence-corrected chi connectivity index (χ2v) is 7.80. The molecule has 1 aliphatic carbocycles. The molecular formula is C21H29N3O3. The maximum atomic E-state index is 12.7. The second kappa shape index (κ2) is 8.55. The Labute approximate surface area is 160 Å². The Balaban J connectivity index is 1.48. The molecular weight excluding hydrogens is 342 g/mol. The van der Waals surface area contributed by atoms with E-state index in [1.54, 1.807) is 4.90 Å². The molecule has 0 spiro atoms. The summed E-state index contributed by atoms with van der Waals surface area (Å²) in [6.07, 6.45) is 3.87. The highest BCUT2D eigenvalue weighted by atomic mass is 16.2. The summed E-state index contributed by atoms with van der Waals surface area (Å²) in [5.41, 5.74) is 3.21. The van der Waals surface area contributed by atoms with Gasteiger partial charge in [0.05, 0.1) is 0 Å². The van der Waals surface area contributed by atoms with Crippen LogP contribution in [0.1, 0.15) is 36.8 Å². The number of rotatable bonds is 4. The van der Waals surface area contributed by atoms with Gasteiger partial charge in [-0.2, -0.15) is 0 Å². The van der Waals surface area contributed by atoms with Crippen LogP contribution < -0.4 is 5.32 Å². The molecule has 0 aromatic heterocycles. The molecule has 0 atom stereocenters. The first kappa shape index (κ1) is 19.4. The number of aryl methyl sites for hydroxylation is 2. The van der Waals surface area contributed by atoms with Crippen molar-refractivity contribution in [3.05, 3.63) is 29.3 Å². The highest BCUT2D eigenvalue weighted by molar-refractivity contribution is 5.93. The van der Waals surface area contributed by atoms with Gasteiger partial charge in [-0.1, -0.05) is 6.07 Å². The van der Waals surface area contributed by atoms with Crippen LogP contribution in [-0.2, 0) is 14.4 Å². The maximum Gasteiger partial charge on any atom is 0.227 e. The Kier molecular flexibility index (Phi) is 6.14. The molecule has 1 aromatic carbocycles. The number of piperazine rings is 1. The summed E-state index contributed by atoms with van der Waals surface area (Å²) in [7, 11) is 0. The van der Waals surface area contributed by atoms with Crippen molar-refractivity contribution < 1.29 is 14.4 Å². The zero-order valence-corrected chi connectivity index (χ0v) is 16.2. The first-order valence-electron chi connectivity index (χ1n) is 9.84. The van der Waals surface area contributed by atoms with Crippen molar-refractivity contribution in [3.63, 3.8) is 0 Å². The van der Waals surface area contributed by atoms with Gasteiger partial charge in [0.2, 0.25) is 18.2 Å². The Morgan fingerprint density at radius 2 is 1.59 bits per heavy atom. The molecule has 2 aliphatic rings. The van der Waals surface area contributed by atoms with Crippen molar-refractivity contribution in [1.29, 1.82) is 0 Å². The largest absolute Gasteiger partial charge is 0.342 e. The molecule has 0 unspecified atom stereocenters. The number of nitrogens with zero attached hydrogens (tertiary/aromatic N) is 2. The summed E-state index contributed by atoms with van der Waals surface area (Å²) in [5.74, 6) is 0.235. The lowest BCUT2D eigenvalue weighted by Gasteiger charge is -2.36. The van der Waals surface area contributed by atoms with E-state index in [-0.39, 0.29) is 23.7 Å². The number of nitrogens with one attached hydrogen (secondary N) is 1. The molecule has 146 valence electrons. The van der Waals surface area contributed by atoms with Crippen LogP contribution in [0.3, 0.4) is 0 Å². The van der Waals surface area contributed by atoms with E-state index in [9.17, 15) is 14.4 Å².